The Labute approximate surface area is 120 Å². The van der Waals surface area contributed by atoms with E-state index in [1.54, 1.807) is 6.92 Å². The van der Waals surface area contributed by atoms with Crippen molar-refractivity contribution in [3.63, 3.8) is 0 Å². The summed E-state index contributed by atoms with van der Waals surface area (Å²) in [5, 5.41) is 10.3. The molecule has 7 heteroatoms. The van der Waals surface area contributed by atoms with Gasteiger partial charge in [-0.25, -0.2) is 0 Å². The predicted molar refractivity (Wildman–Crippen MR) is 68.5 cm³/mol. The summed E-state index contributed by atoms with van der Waals surface area (Å²) < 4.78 is 45.8. The van der Waals surface area contributed by atoms with Crippen LogP contribution in [0.25, 0.3) is 0 Å². The third-order valence-electron chi connectivity index (χ3n) is 2.92. The van der Waals surface area contributed by atoms with E-state index in [0.29, 0.717) is 0 Å². The lowest BCUT2D eigenvalue weighted by Gasteiger charge is -2.29. The van der Waals surface area contributed by atoms with Crippen molar-refractivity contribution in [2.75, 3.05) is 6.61 Å². The van der Waals surface area contributed by atoms with Gasteiger partial charge < -0.3 is 14.6 Å². The maximum Gasteiger partial charge on any atom is 0.573 e. The fraction of sp³-hybridized carbons (Fsp3) is 0.500. The van der Waals surface area contributed by atoms with E-state index >= 15 is 0 Å². The second-order valence-electron chi connectivity index (χ2n) is 4.93. The normalized spacial score (nSPS) is 13.7. The lowest BCUT2D eigenvalue weighted by Crippen LogP contribution is -2.34. The zero-order chi connectivity index (χ0) is 16.3. The first-order chi connectivity index (χ1) is 9.59. The highest BCUT2D eigenvalue weighted by molar-refractivity contribution is 5.77. The van der Waals surface area contributed by atoms with Gasteiger partial charge in [0, 0.05) is 5.56 Å². The van der Waals surface area contributed by atoms with Gasteiger partial charge in [-0.15, -0.1) is 13.2 Å². The number of benzene rings is 1. The number of esters is 1. The third-order valence-corrected chi connectivity index (χ3v) is 2.92. The molecule has 1 aromatic rings. The molecule has 0 spiro atoms. The quantitative estimate of drug-likeness (QED) is 0.849. The number of para-hydroxylation sites is 1. The molecule has 0 amide bonds. The zero-order valence-electron chi connectivity index (χ0n) is 11.9. The van der Waals surface area contributed by atoms with Crippen LogP contribution in [0.15, 0.2) is 24.3 Å². The van der Waals surface area contributed by atoms with Crippen molar-refractivity contribution in [2.24, 2.45) is 5.41 Å². The van der Waals surface area contributed by atoms with Gasteiger partial charge >= 0.3 is 12.3 Å². The molecule has 0 saturated carbocycles. The van der Waals surface area contributed by atoms with Crippen LogP contribution < -0.4 is 4.74 Å². The molecule has 0 aliphatic rings. The second kappa shape index (κ2) is 6.34. The van der Waals surface area contributed by atoms with Crippen LogP contribution in [0.1, 0.15) is 32.4 Å². The summed E-state index contributed by atoms with van der Waals surface area (Å²) in [6.45, 7) is 4.48. The molecule has 0 aromatic heterocycles. The first kappa shape index (κ1) is 17.3. The highest BCUT2D eigenvalue weighted by atomic mass is 19.4. The largest absolute Gasteiger partial charge is 0.573 e. The number of halogens is 3. The minimum Gasteiger partial charge on any atom is -0.465 e. The van der Waals surface area contributed by atoms with Gasteiger partial charge in [-0.1, -0.05) is 18.2 Å². The van der Waals surface area contributed by atoms with E-state index < -0.39 is 29.6 Å². The van der Waals surface area contributed by atoms with Crippen molar-refractivity contribution in [3.8, 4) is 5.75 Å². The minimum atomic E-state index is -4.89. The lowest BCUT2D eigenvalue weighted by atomic mass is 9.82. The Hall–Kier alpha value is -1.76. The molecule has 21 heavy (non-hydrogen) atoms. The van der Waals surface area contributed by atoms with Crippen molar-refractivity contribution in [1.82, 2.24) is 0 Å². The summed E-state index contributed by atoms with van der Waals surface area (Å²) in [5.41, 5.74) is -1.55. The average molecular weight is 306 g/mol. The van der Waals surface area contributed by atoms with Crippen molar-refractivity contribution in [1.29, 1.82) is 0 Å². The first-order valence-corrected chi connectivity index (χ1v) is 6.29. The molecule has 1 rings (SSSR count). The van der Waals surface area contributed by atoms with E-state index in [0.717, 1.165) is 6.07 Å². The predicted octanol–water partition coefficient (Wildman–Crippen LogP) is 3.21. The molecule has 0 bridgehead atoms. The first-order valence-electron chi connectivity index (χ1n) is 6.29. The van der Waals surface area contributed by atoms with Crippen LogP contribution in [-0.4, -0.2) is 24.0 Å². The van der Waals surface area contributed by atoms with Crippen molar-refractivity contribution in [3.05, 3.63) is 29.8 Å². The van der Waals surface area contributed by atoms with E-state index in [2.05, 4.69) is 4.74 Å². The Morgan fingerprint density at radius 1 is 1.29 bits per heavy atom. The van der Waals surface area contributed by atoms with Gasteiger partial charge in [0.15, 0.2) is 0 Å². The average Bonchev–Trinajstić information content (AvgIpc) is 2.37. The molecule has 1 N–H and O–H groups in total. The fourth-order valence-corrected chi connectivity index (χ4v) is 1.74. The van der Waals surface area contributed by atoms with E-state index in [-0.39, 0.29) is 12.2 Å². The SMILES string of the molecule is CCOC(=O)C(C)(C)C(O)c1ccccc1OC(F)(F)F. The topological polar surface area (TPSA) is 55.8 Å². The molecule has 0 radical (unpaired) electrons. The van der Waals surface area contributed by atoms with Crippen LogP contribution >= 0.6 is 0 Å². The molecule has 0 fully saturated rings. The Morgan fingerprint density at radius 2 is 1.86 bits per heavy atom. The highest BCUT2D eigenvalue weighted by Crippen LogP contribution is 2.40. The van der Waals surface area contributed by atoms with E-state index in [9.17, 15) is 23.1 Å². The van der Waals surface area contributed by atoms with Crippen LogP contribution in [-0.2, 0) is 9.53 Å². The molecule has 1 unspecified atom stereocenters. The smallest absolute Gasteiger partial charge is 0.465 e. The molecular formula is C14H17F3O4. The monoisotopic (exact) mass is 306 g/mol. The maximum atomic E-state index is 12.4. The summed E-state index contributed by atoms with van der Waals surface area (Å²) in [7, 11) is 0. The molecular weight excluding hydrogens is 289 g/mol. The number of aliphatic hydroxyl groups is 1. The Balaban J connectivity index is 3.12. The number of ether oxygens (including phenoxy) is 2. The number of carbonyl (C=O) groups excluding carboxylic acids is 1. The summed E-state index contributed by atoms with van der Waals surface area (Å²) >= 11 is 0. The van der Waals surface area contributed by atoms with Gasteiger partial charge in [0.25, 0.3) is 0 Å². The van der Waals surface area contributed by atoms with Gasteiger partial charge in [-0.05, 0) is 26.8 Å². The molecule has 1 aromatic carbocycles. The molecule has 0 aliphatic carbocycles. The molecule has 0 saturated heterocycles. The van der Waals surface area contributed by atoms with E-state index in [1.807, 2.05) is 0 Å². The van der Waals surface area contributed by atoms with Gasteiger partial charge in [0.1, 0.15) is 5.75 Å². The highest BCUT2D eigenvalue weighted by Gasteiger charge is 2.41. The Morgan fingerprint density at radius 3 is 2.38 bits per heavy atom. The summed E-state index contributed by atoms with van der Waals surface area (Å²) in [6.07, 6.45) is -6.39. The van der Waals surface area contributed by atoms with Gasteiger partial charge in [-0.3, -0.25) is 4.79 Å². The number of rotatable bonds is 5. The van der Waals surface area contributed by atoms with Crippen molar-refractivity contribution >= 4 is 5.97 Å². The van der Waals surface area contributed by atoms with Crippen molar-refractivity contribution < 1.29 is 32.5 Å². The number of carbonyl (C=O) groups is 1. The van der Waals surface area contributed by atoms with Crippen LogP contribution in [0.2, 0.25) is 0 Å². The molecule has 0 aliphatic heterocycles. The second-order valence-corrected chi connectivity index (χ2v) is 4.93. The molecule has 1 atom stereocenters. The molecule has 4 nitrogen and oxygen atoms in total. The Bertz CT molecular complexity index is 497. The van der Waals surface area contributed by atoms with E-state index in [1.165, 1.54) is 32.0 Å². The maximum absolute atomic E-state index is 12.4. The van der Waals surface area contributed by atoms with E-state index in [4.69, 9.17) is 4.74 Å². The van der Waals surface area contributed by atoms with Gasteiger partial charge in [-0.2, -0.15) is 0 Å². The Kier molecular flexibility index (Phi) is 5.22. The standard InChI is InChI=1S/C14H17F3O4/c1-4-20-12(19)13(2,3)11(18)9-7-5-6-8-10(9)21-14(15,16)17/h5-8,11,18H,4H2,1-3H3. The van der Waals surface area contributed by atoms with Crippen LogP contribution in [0, 0.1) is 5.41 Å². The number of hydrogen-bond acceptors (Lipinski definition) is 4. The molecule has 0 heterocycles. The van der Waals surface area contributed by atoms with Gasteiger partial charge in [0.05, 0.1) is 18.1 Å². The zero-order valence-corrected chi connectivity index (χ0v) is 11.9. The summed E-state index contributed by atoms with van der Waals surface area (Å²) in [4.78, 5) is 11.8. The number of hydrogen-bond donors (Lipinski definition) is 1. The molecule has 118 valence electrons. The van der Waals surface area contributed by atoms with Crippen molar-refractivity contribution in [2.45, 2.75) is 33.2 Å². The number of alkyl halides is 3. The fourth-order valence-electron chi connectivity index (χ4n) is 1.74. The lowest BCUT2D eigenvalue weighted by molar-refractivity contribution is -0.275. The summed E-state index contributed by atoms with van der Waals surface area (Å²) in [6, 6.07) is 5.14. The van der Waals surface area contributed by atoms with Crippen LogP contribution in [0.4, 0.5) is 13.2 Å². The minimum absolute atomic E-state index is 0.107. The van der Waals surface area contributed by atoms with Crippen LogP contribution in [0.5, 0.6) is 5.75 Å². The third kappa shape index (κ3) is 4.35. The number of aliphatic hydroxyl groups excluding tert-OH is 1. The van der Waals surface area contributed by atoms with Crippen LogP contribution in [0.3, 0.4) is 0 Å². The summed E-state index contributed by atoms with van der Waals surface area (Å²) in [5.74, 6) is -1.26. The van der Waals surface area contributed by atoms with Gasteiger partial charge in [0.2, 0.25) is 0 Å².